The van der Waals surface area contributed by atoms with Gasteiger partial charge in [0.1, 0.15) is 6.07 Å². The SMILES string of the molecule is CC(C(=O)Nc1ccccc1C#N)N(CCO)CC(F)F. The predicted molar refractivity (Wildman–Crippen MR) is 73.9 cm³/mol. The van der Waals surface area contributed by atoms with Gasteiger partial charge in [0.05, 0.1) is 30.4 Å². The molecule has 0 spiro atoms. The Labute approximate surface area is 121 Å². The Bertz CT molecular complexity index is 517. The summed E-state index contributed by atoms with van der Waals surface area (Å²) in [5.74, 6) is -0.508. The summed E-state index contributed by atoms with van der Waals surface area (Å²) < 4.78 is 25.0. The summed E-state index contributed by atoms with van der Waals surface area (Å²) in [5, 5.41) is 20.4. The van der Waals surface area contributed by atoms with Crippen LogP contribution in [-0.4, -0.2) is 48.1 Å². The summed E-state index contributed by atoms with van der Waals surface area (Å²) in [6, 6.07) is 7.52. The van der Waals surface area contributed by atoms with E-state index in [0.29, 0.717) is 11.3 Å². The van der Waals surface area contributed by atoms with Gasteiger partial charge in [-0.15, -0.1) is 0 Å². The average molecular weight is 297 g/mol. The Kier molecular flexibility index (Phi) is 6.72. The van der Waals surface area contributed by atoms with E-state index in [9.17, 15) is 13.6 Å². The van der Waals surface area contributed by atoms with E-state index in [4.69, 9.17) is 10.4 Å². The molecule has 2 N–H and O–H groups in total. The summed E-state index contributed by atoms with van der Waals surface area (Å²) in [6.45, 7) is 0.523. The molecule has 21 heavy (non-hydrogen) atoms. The smallest absolute Gasteiger partial charge is 0.251 e. The monoisotopic (exact) mass is 297 g/mol. The zero-order chi connectivity index (χ0) is 15.8. The van der Waals surface area contributed by atoms with Gasteiger partial charge in [0, 0.05) is 6.54 Å². The van der Waals surface area contributed by atoms with E-state index in [1.807, 2.05) is 6.07 Å². The van der Waals surface area contributed by atoms with E-state index in [1.54, 1.807) is 24.3 Å². The Morgan fingerprint density at radius 2 is 2.14 bits per heavy atom. The first kappa shape index (κ1) is 17.0. The zero-order valence-electron chi connectivity index (χ0n) is 11.6. The highest BCUT2D eigenvalue weighted by Crippen LogP contribution is 2.15. The summed E-state index contributed by atoms with van der Waals surface area (Å²) >= 11 is 0. The van der Waals surface area contributed by atoms with Crippen LogP contribution in [0, 0.1) is 11.3 Å². The van der Waals surface area contributed by atoms with Gasteiger partial charge in [-0.2, -0.15) is 5.26 Å². The molecule has 114 valence electrons. The van der Waals surface area contributed by atoms with E-state index in [0.717, 1.165) is 0 Å². The maximum Gasteiger partial charge on any atom is 0.251 e. The van der Waals surface area contributed by atoms with Crippen LogP contribution in [0.15, 0.2) is 24.3 Å². The van der Waals surface area contributed by atoms with E-state index < -0.39 is 24.9 Å². The number of aliphatic hydroxyl groups excluding tert-OH is 1. The maximum atomic E-state index is 12.5. The molecular formula is C14H17F2N3O2. The van der Waals surface area contributed by atoms with Crippen LogP contribution in [0.25, 0.3) is 0 Å². The van der Waals surface area contributed by atoms with Crippen molar-refractivity contribution in [2.24, 2.45) is 0 Å². The van der Waals surface area contributed by atoms with Crippen molar-refractivity contribution in [2.75, 3.05) is 25.0 Å². The summed E-state index contributed by atoms with van der Waals surface area (Å²) in [6.07, 6.45) is -2.60. The van der Waals surface area contributed by atoms with Gasteiger partial charge < -0.3 is 10.4 Å². The average Bonchev–Trinajstić information content (AvgIpc) is 2.46. The number of carbonyl (C=O) groups is 1. The van der Waals surface area contributed by atoms with E-state index in [2.05, 4.69) is 5.32 Å². The molecule has 0 saturated carbocycles. The minimum absolute atomic E-state index is 0.0289. The van der Waals surface area contributed by atoms with Gasteiger partial charge in [0.15, 0.2) is 0 Å². The fraction of sp³-hybridized carbons (Fsp3) is 0.429. The van der Waals surface area contributed by atoms with Crippen LogP contribution in [-0.2, 0) is 4.79 Å². The number of nitrogens with zero attached hydrogens (tertiary/aromatic N) is 2. The van der Waals surface area contributed by atoms with Gasteiger partial charge in [0.2, 0.25) is 5.91 Å². The predicted octanol–water partition coefficient (Wildman–Crippen LogP) is 1.44. The third-order valence-electron chi connectivity index (χ3n) is 2.99. The molecule has 1 aromatic carbocycles. The fourth-order valence-electron chi connectivity index (χ4n) is 1.84. The molecule has 1 rings (SSSR count). The second kappa shape index (κ2) is 8.29. The van der Waals surface area contributed by atoms with Crippen molar-refractivity contribution < 1.29 is 18.7 Å². The lowest BCUT2D eigenvalue weighted by Crippen LogP contribution is -2.45. The number of halogens is 2. The quantitative estimate of drug-likeness (QED) is 0.798. The molecule has 0 aromatic heterocycles. The van der Waals surface area contributed by atoms with Crippen molar-refractivity contribution in [2.45, 2.75) is 19.4 Å². The summed E-state index contributed by atoms with van der Waals surface area (Å²) in [4.78, 5) is 13.3. The Hall–Kier alpha value is -2.04. The Balaban J connectivity index is 2.79. The largest absolute Gasteiger partial charge is 0.395 e. The number of benzene rings is 1. The molecule has 0 aliphatic heterocycles. The van der Waals surface area contributed by atoms with Crippen molar-refractivity contribution in [3.63, 3.8) is 0 Å². The minimum atomic E-state index is -2.60. The molecule has 1 amide bonds. The van der Waals surface area contributed by atoms with E-state index in [1.165, 1.54) is 11.8 Å². The van der Waals surface area contributed by atoms with Crippen LogP contribution < -0.4 is 5.32 Å². The molecule has 0 heterocycles. The maximum absolute atomic E-state index is 12.5. The number of amides is 1. The van der Waals surface area contributed by atoms with Gasteiger partial charge in [-0.1, -0.05) is 12.1 Å². The van der Waals surface area contributed by atoms with Crippen LogP contribution in [0.4, 0.5) is 14.5 Å². The molecule has 0 fully saturated rings. The first-order valence-electron chi connectivity index (χ1n) is 6.42. The second-order valence-electron chi connectivity index (χ2n) is 4.43. The molecule has 1 aromatic rings. The number of alkyl halides is 2. The molecule has 0 bridgehead atoms. The van der Waals surface area contributed by atoms with Crippen molar-refractivity contribution >= 4 is 11.6 Å². The zero-order valence-corrected chi connectivity index (χ0v) is 11.6. The first-order valence-corrected chi connectivity index (χ1v) is 6.42. The Morgan fingerprint density at radius 3 is 2.71 bits per heavy atom. The van der Waals surface area contributed by atoms with Crippen molar-refractivity contribution in [3.05, 3.63) is 29.8 Å². The first-order chi connectivity index (χ1) is 9.99. The number of hydrogen-bond acceptors (Lipinski definition) is 4. The van der Waals surface area contributed by atoms with Crippen molar-refractivity contribution in [3.8, 4) is 6.07 Å². The van der Waals surface area contributed by atoms with Gasteiger partial charge in [-0.25, -0.2) is 8.78 Å². The molecule has 1 atom stereocenters. The second-order valence-corrected chi connectivity index (χ2v) is 4.43. The summed E-state index contributed by atoms with van der Waals surface area (Å²) in [5.41, 5.74) is 0.624. The summed E-state index contributed by atoms with van der Waals surface area (Å²) in [7, 11) is 0. The van der Waals surface area contributed by atoms with Crippen molar-refractivity contribution in [1.29, 1.82) is 5.26 Å². The van der Waals surface area contributed by atoms with E-state index in [-0.39, 0.29) is 13.2 Å². The van der Waals surface area contributed by atoms with Crippen LogP contribution in [0.5, 0.6) is 0 Å². The number of nitrogens with one attached hydrogen (secondary N) is 1. The Morgan fingerprint density at radius 1 is 1.48 bits per heavy atom. The molecule has 0 aliphatic rings. The molecule has 0 radical (unpaired) electrons. The third kappa shape index (κ3) is 5.10. The normalized spacial score (nSPS) is 12.2. The number of rotatable bonds is 7. The van der Waals surface area contributed by atoms with Crippen LogP contribution in [0.1, 0.15) is 12.5 Å². The highest BCUT2D eigenvalue weighted by molar-refractivity contribution is 5.95. The minimum Gasteiger partial charge on any atom is -0.395 e. The molecule has 0 saturated heterocycles. The number of nitriles is 1. The van der Waals surface area contributed by atoms with Crippen LogP contribution in [0.3, 0.4) is 0 Å². The van der Waals surface area contributed by atoms with Crippen LogP contribution >= 0.6 is 0 Å². The highest BCUT2D eigenvalue weighted by atomic mass is 19.3. The topological polar surface area (TPSA) is 76.4 Å². The lowest BCUT2D eigenvalue weighted by atomic mass is 10.2. The van der Waals surface area contributed by atoms with Crippen LogP contribution in [0.2, 0.25) is 0 Å². The highest BCUT2D eigenvalue weighted by Gasteiger charge is 2.24. The standard InChI is InChI=1S/C14H17F2N3O2/c1-10(19(6-7-20)9-13(15)16)14(21)18-12-5-3-2-4-11(12)8-17/h2-5,10,13,20H,6-7,9H2,1H3,(H,18,21). The number of anilines is 1. The molecular weight excluding hydrogens is 280 g/mol. The lowest BCUT2D eigenvalue weighted by Gasteiger charge is -2.27. The number of para-hydroxylation sites is 1. The van der Waals surface area contributed by atoms with Gasteiger partial charge >= 0.3 is 0 Å². The molecule has 1 unspecified atom stereocenters. The van der Waals surface area contributed by atoms with Gasteiger partial charge in [-0.05, 0) is 19.1 Å². The fourth-order valence-corrected chi connectivity index (χ4v) is 1.84. The lowest BCUT2D eigenvalue weighted by molar-refractivity contribution is -0.121. The number of hydrogen-bond donors (Lipinski definition) is 2. The molecule has 5 nitrogen and oxygen atoms in total. The van der Waals surface area contributed by atoms with Crippen molar-refractivity contribution in [1.82, 2.24) is 4.90 Å². The third-order valence-corrected chi connectivity index (χ3v) is 2.99. The number of aliphatic hydroxyl groups is 1. The van der Waals surface area contributed by atoms with E-state index >= 15 is 0 Å². The molecule has 0 aliphatic carbocycles. The molecule has 7 heteroatoms. The van der Waals surface area contributed by atoms with Gasteiger partial charge in [0.25, 0.3) is 6.43 Å². The van der Waals surface area contributed by atoms with Gasteiger partial charge in [-0.3, -0.25) is 9.69 Å². The number of carbonyl (C=O) groups excluding carboxylic acids is 1.